The molecule has 68 valence electrons. The maximum Gasteiger partial charge on any atom is 0.173 e. The zero-order valence-electron chi connectivity index (χ0n) is 6.71. The van der Waals surface area contributed by atoms with Gasteiger partial charge in [-0.3, -0.25) is 4.79 Å². The number of carbonyl (C=O) groups excluding carboxylic acids is 1. The van der Waals surface area contributed by atoms with E-state index in [4.69, 9.17) is 16.3 Å². The molecule has 0 radical (unpaired) electrons. The highest BCUT2D eigenvalue weighted by molar-refractivity contribution is 6.31. The molecule has 3 nitrogen and oxygen atoms in total. The van der Waals surface area contributed by atoms with Gasteiger partial charge in [0.1, 0.15) is 17.1 Å². The Bertz CT molecular complexity index is 373. The van der Waals surface area contributed by atoms with Crippen LogP contribution in [0.1, 0.15) is 16.8 Å². The van der Waals surface area contributed by atoms with Gasteiger partial charge in [-0.25, -0.2) is 0 Å². The molecule has 1 aromatic carbocycles. The van der Waals surface area contributed by atoms with Crippen LogP contribution in [0.5, 0.6) is 11.5 Å². The van der Waals surface area contributed by atoms with Crippen LogP contribution >= 0.6 is 11.6 Å². The fourth-order valence-electron chi connectivity index (χ4n) is 1.34. The molecule has 4 heteroatoms. The maximum atomic E-state index is 11.3. The molecule has 0 saturated heterocycles. The number of hydrogen-bond donors (Lipinski definition) is 1. The quantitative estimate of drug-likeness (QED) is 0.694. The summed E-state index contributed by atoms with van der Waals surface area (Å²) in [6, 6.07) is 2.88. The second kappa shape index (κ2) is 2.92. The van der Waals surface area contributed by atoms with E-state index in [1.807, 2.05) is 0 Å². The van der Waals surface area contributed by atoms with E-state index in [1.165, 1.54) is 12.1 Å². The Kier molecular flexibility index (Phi) is 1.88. The number of phenolic OH excluding ortho intramolecular Hbond substituents is 1. The van der Waals surface area contributed by atoms with Crippen LogP contribution in [-0.4, -0.2) is 17.5 Å². The number of carbonyl (C=O) groups is 1. The predicted octanol–water partition coefficient (Wildman–Crippen LogP) is 2.01. The minimum absolute atomic E-state index is 0.101. The zero-order chi connectivity index (χ0) is 9.42. The van der Waals surface area contributed by atoms with Crippen molar-refractivity contribution in [2.45, 2.75) is 6.42 Å². The van der Waals surface area contributed by atoms with E-state index in [2.05, 4.69) is 0 Å². The van der Waals surface area contributed by atoms with Crippen LogP contribution < -0.4 is 4.74 Å². The molecule has 0 saturated carbocycles. The number of aromatic hydroxyl groups is 1. The molecule has 2 rings (SSSR count). The van der Waals surface area contributed by atoms with E-state index >= 15 is 0 Å². The lowest BCUT2D eigenvalue weighted by Gasteiger charge is -2.17. The van der Waals surface area contributed by atoms with Gasteiger partial charge in [0.2, 0.25) is 0 Å². The highest BCUT2D eigenvalue weighted by Gasteiger charge is 2.22. The SMILES string of the molecule is O=C1CCOc2cc(Cl)cc(O)c21. The zero-order valence-corrected chi connectivity index (χ0v) is 7.47. The average molecular weight is 199 g/mol. The Labute approximate surface area is 79.9 Å². The highest BCUT2D eigenvalue weighted by atomic mass is 35.5. The molecule has 0 spiro atoms. The van der Waals surface area contributed by atoms with Crippen molar-refractivity contribution in [3.05, 3.63) is 22.7 Å². The Hall–Kier alpha value is -1.22. The van der Waals surface area contributed by atoms with Crippen LogP contribution in [0.2, 0.25) is 5.02 Å². The van der Waals surface area contributed by atoms with Crippen LogP contribution in [0, 0.1) is 0 Å². The lowest BCUT2D eigenvalue weighted by atomic mass is 10.0. The highest BCUT2D eigenvalue weighted by Crippen LogP contribution is 2.35. The van der Waals surface area contributed by atoms with Gasteiger partial charge in [0.25, 0.3) is 0 Å². The monoisotopic (exact) mass is 198 g/mol. The Morgan fingerprint density at radius 3 is 3.00 bits per heavy atom. The Balaban J connectivity index is 2.63. The molecule has 1 N–H and O–H groups in total. The number of hydrogen-bond acceptors (Lipinski definition) is 3. The fourth-order valence-corrected chi connectivity index (χ4v) is 1.54. The molecule has 1 heterocycles. The molecule has 0 fully saturated rings. The van der Waals surface area contributed by atoms with Crippen molar-refractivity contribution in [3.8, 4) is 11.5 Å². The second-order valence-electron chi connectivity index (χ2n) is 2.82. The van der Waals surface area contributed by atoms with E-state index < -0.39 is 0 Å². The third kappa shape index (κ3) is 1.35. The molecule has 1 aliphatic heterocycles. The molecule has 13 heavy (non-hydrogen) atoms. The van der Waals surface area contributed by atoms with Gasteiger partial charge in [-0.15, -0.1) is 0 Å². The summed E-state index contributed by atoms with van der Waals surface area (Å²) in [4.78, 5) is 11.3. The van der Waals surface area contributed by atoms with E-state index in [-0.39, 0.29) is 17.1 Å². The van der Waals surface area contributed by atoms with Crippen LogP contribution in [0.4, 0.5) is 0 Å². The lowest BCUT2D eigenvalue weighted by molar-refractivity contribution is 0.0930. The smallest absolute Gasteiger partial charge is 0.173 e. The van der Waals surface area contributed by atoms with Crippen molar-refractivity contribution >= 4 is 17.4 Å². The van der Waals surface area contributed by atoms with Gasteiger partial charge in [-0.2, -0.15) is 0 Å². The van der Waals surface area contributed by atoms with Crippen molar-refractivity contribution in [1.82, 2.24) is 0 Å². The molecule has 0 aliphatic carbocycles. The van der Waals surface area contributed by atoms with Gasteiger partial charge >= 0.3 is 0 Å². The number of rotatable bonds is 0. The molecular weight excluding hydrogens is 192 g/mol. The summed E-state index contributed by atoms with van der Waals surface area (Å²) >= 11 is 5.68. The molecule has 1 aromatic rings. The number of ether oxygens (including phenoxy) is 1. The average Bonchev–Trinajstić information content (AvgIpc) is 2.02. The number of halogens is 1. The standard InChI is InChI=1S/C9H7ClO3/c10-5-3-7(12)9-6(11)1-2-13-8(9)4-5/h3-4,12H,1-2H2. The normalized spacial score (nSPS) is 15.0. The molecule has 0 atom stereocenters. The van der Waals surface area contributed by atoms with Crippen molar-refractivity contribution < 1.29 is 14.6 Å². The first-order valence-corrected chi connectivity index (χ1v) is 4.25. The molecule has 0 aromatic heterocycles. The summed E-state index contributed by atoms with van der Waals surface area (Å²) in [5.74, 6) is 0.170. The third-order valence-electron chi connectivity index (χ3n) is 1.91. The molecular formula is C9H7ClO3. The summed E-state index contributed by atoms with van der Waals surface area (Å²) in [7, 11) is 0. The summed E-state index contributed by atoms with van der Waals surface area (Å²) in [5, 5.41) is 9.79. The minimum atomic E-state index is -0.104. The van der Waals surface area contributed by atoms with E-state index in [0.29, 0.717) is 23.8 Å². The molecule has 0 amide bonds. The lowest BCUT2D eigenvalue weighted by Crippen LogP contribution is -2.15. The summed E-state index contributed by atoms with van der Waals surface area (Å²) in [6.07, 6.45) is 0.308. The summed E-state index contributed by atoms with van der Waals surface area (Å²) in [5.41, 5.74) is 0.246. The largest absolute Gasteiger partial charge is 0.507 e. The van der Waals surface area contributed by atoms with E-state index in [1.54, 1.807) is 0 Å². The first-order chi connectivity index (χ1) is 6.18. The van der Waals surface area contributed by atoms with Crippen LogP contribution in [0.3, 0.4) is 0 Å². The summed E-state index contributed by atoms with van der Waals surface area (Å²) in [6.45, 7) is 0.353. The van der Waals surface area contributed by atoms with E-state index in [9.17, 15) is 9.90 Å². The van der Waals surface area contributed by atoms with Gasteiger partial charge < -0.3 is 9.84 Å². The van der Waals surface area contributed by atoms with Gasteiger partial charge in [0.15, 0.2) is 5.78 Å². The van der Waals surface area contributed by atoms with Gasteiger partial charge in [-0.05, 0) is 12.1 Å². The van der Waals surface area contributed by atoms with Crippen LogP contribution in [0.15, 0.2) is 12.1 Å². The second-order valence-corrected chi connectivity index (χ2v) is 3.26. The Morgan fingerprint density at radius 2 is 2.23 bits per heavy atom. The number of phenols is 1. The maximum absolute atomic E-state index is 11.3. The van der Waals surface area contributed by atoms with Crippen LogP contribution in [-0.2, 0) is 0 Å². The van der Waals surface area contributed by atoms with Crippen molar-refractivity contribution in [2.75, 3.05) is 6.61 Å². The number of fused-ring (bicyclic) bond motifs is 1. The van der Waals surface area contributed by atoms with Crippen molar-refractivity contribution in [3.63, 3.8) is 0 Å². The summed E-state index contributed by atoms with van der Waals surface area (Å²) < 4.78 is 5.19. The molecule has 0 bridgehead atoms. The first kappa shape index (κ1) is 8.38. The van der Waals surface area contributed by atoms with Crippen molar-refractivity contribution in [1.29, 1.82) is 0 Å². The number of benzene rings is 1. The van der Waals surface area contributed by atoms with Gasteiger partial charge in [0.05, 0.1) is 6.61 Å². The Morgan fingerprint density at radius 1 is 1.46 bits per heavy atom. The molecule has 1 aliphatic rings. The van der Waals surface area contributed by atoms with E-state index in [0.717, 1.165) is 0 Å². The minimum Gasteiger partial charge on any atom is -0.507 e. The van der Waals surface area contributed by atoms with Gasteiger partial charge in [-0.1, -0.05) is 11.6 Å². The fraction of sp³-hybridized carbons (Fsp3) is 0.222. The molecule has 0 unspecified atom stereocenters. The van der Waals surface area contributed by atoms with Crippen LogP contribution in [0.25, 0.3) is 0 Å². The van der Waals surface area contributed by atoms with Crippen molar-refractivity contribution in [2.24, 2.45) is 0 Å². The number of Topliss-reactive ketones (excluding diaryl/α,β-unsaturated/α-hetero) is 1. The predicted molar refractivity (Wildman–Crippen MR) is 47.6 cm³/mol. The van der Waals surface area contributed by atoms with Gasteiger partial charge in [0, 0.05) is 11.4 Å². The first-order valence-electron chi connectivity index (χ1n) is 3.87. The topological polar surface area (TPSA) is 46.5 Å². The number of ketones is 1. The third-order valence-corrected chi connectivity index (χ3v) is 2.13.